The molecule has 2 unspecified atom stereocenters. The number of amides is 2. The Hall–Kier alpha value is -2.23. The molecule has 2 rings (SSSR count). The minimum Gasteiger partial charge on any atom is -0.480 e. The van der Waals surface area contributed by atoms with Crippen molar-refractivity contribution in [1.29, 1.82) is 0 Å². The molecule has 1 aromatic heterocycles. The van der Waals surface area contributed by atoms with E-state index in [1.165, 1.54) is 12.0 Å². The van der Waals surface area contributed by atoms with Crippen molar-refractivity contribution in [3.8, 4) is 0 Å². The Morgan fingerprint density at radius 1 is 1.63 bits per heavy atom. The topological polar surface area (TPSA) is 133 Å². The molecule has 0 bridgehead atoms. The molecule has 19 heavy (non-hydrogen) atoms. The summed E-state index contributed by atoms with van der Waals surface area (Å²) in [6.45, 7) is 0.321. The first-order valence-electron chi connectivity index (χ1n) is 5.64. The largest absolute Gasteiger partial charge is 0.480 e. The monoisotopic (exact) mass is 270 g/mol. The van der Waals surface area contributed by atoms with Gasteiger partial charge in [-0.3, -0.25) is 0 Å². The number of aromatic nitrogens is 4. The maximum Gasteiger partial charge on any atom is 0.326 e. The van der Waals surface area contributed by atoms with Gasteiger partial charge in [-0.2, -0.15) is 5.21 Å². The van der Waals surface area contributed by atoms with Crippen LogP contribution in [0.1, 0.15) is 12.2 Å². The Labute approximate surface area is 108 Å². The van der Waals surface area contributed by atoms with Gasteiger partial charge in [0, 0.05) is 20.1 Å². The van der Waals surface area contributed by atoms with Crippen LogP contribution in [-0.4, -0.2) is 68.4 Å². The number of carboxylic acid groups (broad SMARTS) is 1. The van der Waals surface area contributed by atoms with Gasteiger partial charge in [-0.1, -0.05) is 5.21 Å². The standard InChI is InChI=1S/C9H14N6O4/c1-19-5-2-6(8(16)17)15(4-5)9(18)10-3-7-11-13-14-12-7/h5-6H,2-4H2,1H3,(H,10,18)(H,16,17)(H,11,12,13,14). The van der Waals surface area contributed by atoms with Crippen LogP contribution in [0.25, 0.3) is 0 Å². The predicted octanol–water partition coefficient (Wildman–Crippen LogP) is -1.42. The number of carboxylic acids is 1. The normalized spacial score (nSPS) is 22.5. The molecule has 1 saturated heterocycles. The molecule has 1 aliphatic heterocycles. The van der Waals surface area contributed by atoms with E-state index < -0.39 is 18.0 Å². The lowest BCUT2D eigenvalue weighted by Crippen LogP contribution is -2.46. The first-order valence-corrected chi connectivity index (χ1v) is 5.64. The summed E-state index contributed by atoms with van der Waals surface area (Å²) in [7, 11) is 1.49. The summed E-state index contributed by atoms with van der Waals surface area (Å²) >= 11 is 0. The maximum absolute atomic E-state index is 11.9. The number of methoxy groups -OCH3 is 1. The molecule has 2 amide bonds. The second-order valence-electron chi connectivity index (χ2n) is 4.09. The lowest BCUT2D eigenvalue weighted by atomic mass is 10.2. The number of urea groups is 1. The van der Waals surface area contributed by atoms with Gasteiger partial charge >= 0.3 is 12.0 Å². The molecular formula is C9H14N6O4. The molecule has 3 N–H and O–H groups in total. The van der Waals surface area contributed by atoms with E-state index in [-0.39, 0.29) is 25.6 Å². The van der Waals surface area contributed by atoms with E-state index >= 15 is 0 Å². The summed E-state index contributed by atoms with van der Waals surface area (Å²) in [5.41, 5.74) is 0. The highest BCUT2D eigenvalue weighted by molar-refractivity contribution is 5.83. The van der Waals surface area contributed by atoms with Gasteiger partial charge in [0.1, 0.15) is 6.04 Å². The Morgan fingerprint density at radius 2 is 2.42 bits per heavy atom. The summed E-state index contributed by atoms with van der Waals surface area (Å²) in [5.74, 6) is -0.725. The predicted molar refractivity (Wildman–Crippen MR) is 60.0 cm³/mol. The number of hydrogen-bond donors (Lipinski definition) is 3. The molecule has 0 aliphatic carbocycles. The van der Waals surface area contributed by atoms with Gasteiger partial charge in [-0.15, -0.1) is 10.2 Å². The van der Waals surface area contributed by atoms with E-state index in [0.717, 1.165) is 0 Å². The fourth-order valence-corrected chi connectivity index (χ4v) is 1.94. The van der Waals surface area contributed by atoms with Crippen molar-refractivity contribution in [3.05, 3.63) is 5.82 Å². The lowest BCUT2D eigenvalue weighted by molar-refractivity contribution is -0.141. The van der Waals surface area contributed by atoms with Gasteiger partial charge in [-0.25, -0.2) is 9.59 Å². The molecule has 1 fully saturated rings. The van der Waals surface area contributed by atoms with Crippen LogP contribution in [0.2, 0.25) is 0 Å². The SMILES string of the molecule is COC1CC(C(=O)O)N(C(=O)NCc2nn[nH]n2)C1. The van der Waals surface area contributed by atoms with E-state index in [1.54, 1.807) is 0 Å². The number of carbonyl (C=O) groups excluding carboxylic acids is 1. The third-order valence-electron chi connectivity index (χ3n) is 2.93. The zero-order valence-electron chi connectivity index (χ0n) is 10.2. The first kappa shape index (κ1) is 13.2. The van der Waals surface area contributed by atoms with Gasteiger partial charge in [0.05, 0.1) is 12.6 Å². The number of aliphatic carboxylic acids is 1. The smallest absolute Gasteiger partial charge is 0.326 e. The van der Waals surface area contributed by atoms with Crippen LogP contribution >= 0.6 is 0 Å². The number of likely N-dealkylation sites (tertiary alicyclic amines) is 1. The van der Waals surface area contributed by atoms with E-state index in [2.05, 4.69) is 25.9 Å². The Balaban J connectivity index is 1.94. The number of nitrogens with zero attached hydrogens (tertiary/aromatic N) is 4. The number of hydrogen-bond acceptors (Lipinski definition) is 6. The molecular weight excluding hydrogens is 256 g/mol. The molecule has 10 nitrogen and oxygen atoms in total. The van der Waals surface area contributed by atoms with Crippen LogP contribution in [0.3, 0.4) is 0 Å². The van der Waals surface area contributed by atoms with Crippen molar-refractivity contribution in [1.82, 2.24) is 30.8 Å². The number of carbonyl (C=O) groups is 2. The van der Waals surface area contributed by atoms with Crippen molar-refractivity contribution in [2.75, 3.05) is 13.7 Å². The fourth-order valence-electron chi connectivity index (χ4n) is 1.94. The number of tetrazole rings is 1. The van der Waals surface area contributed by atoms with Gasteiger partial charge < -0.3 is 20.1 Å². The van der Waals surface area contributed by atoms with Crippen LogP contribution in [0.15, 0.2) is 0 Å². The van der Waals surface area contributed by atoms with Crippen LogP contribution in [0.4, 0.5) is 4.79 Å². The fraction of sp³-hybridized carbons (Fsp3) is 0.667. The van der Waals surface area contributed by atoms with Crippen molar-refractivity contribution < 1.29 is 19.4 Å². The van der Waals surface area contributed by atoms with Crippen LogP contribution < -0.4 is 5.32 Å². The van der Waals surface area contributed by atoms with Crippen molar-refractivity contribution >= 4 is 12.0 Å². The highest BCUT2D eigenvalue weighted by Crippen LogP contribution is 2.20. The molecule has 0 radical (unpaired) electrons. The number of ether oxygens (including phenoxy) is 1. The van der Waals surface area contributed by atoms with Crippen molar-refractivity contribution in [2.24, 2.45) is 0 Å². The minimum atomic E-state index is -1.05. The summed E-state index contributed by atoms with van der Waals surface area (Å²) in [5, 5.41) is 24.6. The minimum absolute atomic E-state index is 0.0792. The highest BCUT2D eigenvalue weighted by atomic mass is 16.5. The van der Waals surface area contributed by atoms with Gasteiger partial charge in [0.25, 0.3) is 0 Å². The van der Waals surface area contributed by atoms with Crippen LogP contribution in [0.5, 0.6) is 0 Å². The van der Waals surface area contributed by atoms with Crippen LogP contribution in [-0.2, 0) is 16.1 Å². The zero-order chi connectivity index (χ0) is 13.8. The second kappa shape index (κ2) is 5.61. The van der Waals surface area contributed by atoms with Gasteiger partial charge in [-0.05, 0) is 0 Å². The zero-order valence-corrected chi connectivity index (χ0v) is 10.2. The highest BCUT2D eigenvalue weighted by Gasteiger charge is 2.39. The Bertz CT molecular complexity index is 450. The molecule has 0 saturated carbocycles. The van der Waals surface area contributed by atoms with Crippen LogP contribution in [0, 0.1) is 0 Å². The molecule has 104 valence electrons. The summed E-state index contributed by atoms with van der Waals surface area (Å²) < 4.78 is 5.10. The number of rotatable bonds is 4. The van der Waals surface area contributed by atoms with E-state index in [1.807, 2.05) is 0 Å². The molecule has 1 aliphatic rings. The van der Waals surface area contributed by atoms with Gasteiger partial charge in [0.15, 0.2) is 5.82 Å². The number of nitrogens with one attached hydrogen (secondary N) is 2. The molecule has 1 aromatic rings. The Kier molecular flexibility index (Phi) is 3.90. The van der Waals surface area contributed by atoms with Crippen molar-refractivity contribution in [3.63, 3.8) is 0 Å². The lowest BCUT2D eigenvalue weighted by Gasteiger charge is -2.21. The molecule has 2 atom stereocenters. The maximum atomic E-state index is 11.9. The van der Waals surface area contributed by atoms with Gasteiger partial charge in [0.2, 0.25) is 0 Å². The van der Waals surface area contributed by atoms with E-state index in [9.17, 15) is 9.59 Å². The molecule has 2 heterocycles. The molecule has 0 aromatic carbocycles. The third-order valence-corrected chi connectivity index (χ3v) is 2.93. The average Bonchev–Trinajstić information content (AvgIpc) is 3.04. The Morgan fingerprint density at radius 3 is 3.00 bits per heavy atom. The summed E-state index contributed by atoms with van der Waals surface area (Å²) in [6.07, 6.45) is 0.0126. The quantitative estimate of drug-likeness (QED) is 0.611. The van der Waals surface area contributed by atoms with E-state index in [0.29, 0.717) is 5.82 Å². The summed E-state index contributed by atoms with van der Waals surface area (Å²) in [6, 6.07) is -1.37. The first-order chi connectivity index (χ1) is 9.11. The summed E-state index contributed by atoms with van der Waals surface area (Å²) in [4.78, 5) is 24.3. The van der Waals surface area contributed by atoms with E-state index in [4.69, 9.17) is 9.84 Å². The number of aromatic amines is 1. The molecule has 10 heteroatoms. The molecule has 0 spiro atoms. The average molecular weight is 270 g/mol. The number of H-pyrrole nitrogens is 1. The second-order valence-corrected chi connectivity index (χ2v) is 4.09. The third kappa shape index (κ3) is 2.96. The van der Waals surface area contributed by atoms with Crippen molar-refractivity contribution in [2.45, 2.75) is 25.1 Å².